The van der Waals surface area contributed by atoms with Crippen molar-refractivity contribution in [3.8, 4) is 0 Å². The van der Waals surface area contributed by atoms with Crippen molar-refractivity contribution in [3.05, 3.63) is 81.8 Å². The fourth-order valence-electron chi connectivity index (χ4n) is 6.19. The SMILES string of the molecule is Cc1nc(CN2CCN([C@H](C(=O)N[C@@H](Cc3ccccc3)[C@H](O)CN([C@H](CO)C(C)C)S(=O)(=O)c3ccc(C=NO)cc3)C(C)C)C2=O)cs1. The monoisotopic (exact) mass is 728 g/mol. The maximum atomic E-state index is 14.1. The van der Waals surface area contributed by atoms with E-state index in [4.69, 9.17) is 5.21 Å². The lowest BCUT2D eigenvalue weighted by atomic mass is 9.97. The maximum absolute atomic E-state index is 14.1. The first-order valence-corrected chi connectivity index (χ1v) is 19.0. The Kier molecular flexibility index (Phi) is 13.5. The fraction of sp³-hybridized carbons (Fsp3) is 0.486. The second-order valence-corrected chi connectivity index (χ2v) is 16.2. The smallest absolute Gasteiger partial charge is 0.321 e. The highest BCUT2D eigenvalue weighted by Gasteiger charge is 2.41. The molecule has 3 amide bonds. The lowest BCUT2D eigenvalue weighted by Gasteiger charge is -2.37. The van der Waals surface area contributed by atoms with Gasteiger partial charge in [-0.25, -0.2) is 18.2 Å². The molecule has 13 nitrogen and oxygen atoms in total. The van der Waals surface area contributed by atoms with Crippen LogP contribution in [0.5, 0.6) is 0 Å². The Labute approximate surface area is 298 Å². The van der Waals surface area contributed by atoms with Crippen LogP contribution in [0.2, 0.25) is 0 Å². The molecule has 1 aliphatic heterocycles. The van der Waals surface area contributed by atoms with Gasteiger partial charge in [-0.15, -0.1) is 11.3 Å². The molecule has 272 valence electrons. The summed E-state index contributed by atoms with van der Waals surface area (Å²) in [6, 6.07) is 11.9. The Morgan fingerprint density at radius 1 is 1.08 bits per heavy atom. The number of thiazole rings is 1. The van der Waals surface area contributed by atoms with Crippen LogP contribution in [0, 0.1) is 18.8 Å². The third kappa shape index (κ3) is 9.46. The number of aliphatic hydroxyl groups is 2. The lowest BCUT2D eigenvalue weighted by Crippen LogP contribution is -2.58. The van der Waals surface area contributed by atoms with Crippen molar-refractivity contribution >= 4 is 39.5 Å². The first-order chi connectivity index (χ1) is 23.8. The summed E-state index contributed by atoms with van der Waals surface area (Å²) in [4.78, 5) is 35.3. The summed E-state index contributed by atoms with van der Waals surface area (Å²) in [5.74, 6) is -1.06. The molecule has 4 rings (SSSR count). The molecule has 4 N–H and O–H groups in total. The van der Waals surface area contributed by atoms with Crippen LogP contribution in [0.3, 0.4) is 0 Å². The van der Waals surface area contributed by atoms with Crippen LogP contribution in [0.4, 0.5) is 4.79 Å². The molecule has 2 aromatic carbocycles. The van der Waals surface area contributed by atoms with E-state index in [1.165, 1.54) is 41.8 Å². The fourth-order valence-corrected chi connectivity index (χ4v) is 8.56. The average Bonchev–Trinajstić information content (AvgIpc) is 3.65. The minimum absolute atomic E-state index is 0.0766. The highest BCUT2D eigenvalue weighted by Crippen LogP contribution is 2.25. The van der Waals surface area contributed by atoms with Gasteiger partial charge in [0.05, 0.1) is 53.2 Å². The Balaban J connectivity index is 1.62. The molecule has 0 saturated carbocycles. The molecule has 4 atom stereocenters. The Hall–Kier alpha value is -3.89. The van der Waals surface area contributed by atoms with E-state index < -0.39 is 53.3 Å². The van der Waals surface area contributed by atoms with E-state index in [0.717, 1.165) is 20.6 Å². The number of urea groups is 1. The molecule has 0 radical (unpaired) electrons. The van der Waals surface area contributed by atoms with Crippen LogP contribution in [0.15, 0.2) is 70.0 Å². The molecule has 1 saturated heterocycles. The second-order valence-electron chi connectivity index (χ2n) is 13.2. The number of oxime groups is 1. The third-order valence-corrected chi connectivity index (χ3v) is 11.6. The average molecular weight is 729 g/mol. The number of nitrogens with one attached hydrogen (secondary N) is 1. The predicted molar refractivity (Wildman–Crippen MR) is 191 cm³/mol. The van der Waals surface area contributed by atoms with Gasteiger partial charge in [0.25, 0.3) is 0 Å². The molecule has 1 aromatic heterocycles. The van der Waals surface area contributed by atoms with Crippen LogP contribution in [-0.2, 0) is 27.8 Å². The second kappa shape index (κ2) is 17.4. The molecule has 0 aliphatic carbocycles. The third-order valence-electron chi connectivity index (χ3n) is 8.86. The summed E-state index contributed by atoms with van der Waals surface area (Å²) >= 11 is 1.51. The molecule has 0 unspecified atom stereocenters. The number of hydrogen-bond donors (Lipinski definition) is 4. The largest absolute Gasteiger partial charge is 0.411 e. The molecule has 0 bridgehead atoms. The first kappa shape index (κ1) is 38.9. The lowest BCUT2D eigenvalue weighted by molar-refractivity contribution is -0.128. The normalized spacial score (nSPS) is 16.5. The van der Waals surface area contributed by atoms with E-state index in [9.17, 15) is 28.2 Å². The highest BCUT2D eigenvalue weighted by molar-refractivity contribution is 7.89. The van der Waals surface area contributed by atoms with E-state index in [2.05, 4.69) is 15.5 Å². The van der Waals surface area contributed by atoms with E-state index in [0.29, 0.717) is 25.2 Å². The molecule has 15 heteroatoms. The molecule has 3 aromatic rings. The molecular formula is C35H48N6O7S2. The molecule has 1 fully saturated rings. The van der Waals surface area contributed by atoms with Crippen LogP contribution in [0.1, 0.15) is 49.5 Å². The van der Waals surface area contributed by atoms with Crippen molar-refractivity contribution in [2.75, 3.05) is 26.2 Å². The summed E-state index contributed by atoms with van der Waals surface area (Å²) < 4.78 is 29.3. The van der Waals surface area contributed by atoms with Gasteiger partial charge in [-0.1, -0.05) is 75.3 Å². The van der Waals surface area contributed by atoms with Crippen LogP contribution >= 0.6 is 11.3 Å². The Morgan fingerprint density at radius 2 is 1.76 bits per heavy atom. The van der Waals surface area contributed by atoms with Crippen molar-refractivity contribution in [2.45, 2.75) is 76.7 Å². The summed E-state index contributed by atoms with van der Waals surface area (Å²) in [6.45, 7) is 9.34. The number of benzene rings is 2. The van der Waals surface area contributed by atoms with Crippen LogP contribution < -0.4 is 5.32 Å². The summed E-state index contributed by atoms with van der Waals surface area (Å²) in [7, 11) is -4.27. The van der Waals surface area contributed by atoms with E-state index in [1.54, 1.807) is 23.6 Å². The van der Waals surface area contributed by atoms with Crippen LogP contribution in [0.25, 0.3) is 0 Å². The van der Waals surface area contributed by atoms with E-state index >= 15 is 0 Å². The summed E-state index contributed by atoms with van der Waals surface area (Å²) in [6.07, 6.45) is -0.0659. The molecular weight excluding hydrogens is 681 g/mol. The Morgan fingerprint density at radius 3 is 2.32 bits per heavy atom. The van der Waals surface area contributed by atoms with Gasteiger partial charge in [-0.2, -0.15) is 4.31 Å². The number of sulfonamides is 1. The molecule has 50 heavy (non-hydrogen) atoms. The number of amides is 3. The standard InChI is InChI=1S/C35H48N6O7S2/c1-23(2)31(21-42)41(50(47,48)29-13-11-27(12-14-29)18-36-46)20-32(43)30(17-26-9-7-6-8-10-26)38-34(44)33(24(3)4)40-16-15-39(35(40)45)19-28-22-49-25(5)37-28/h6-14,18,22-24,30-33,42-43,46H,15-17,19-21H2,1-5H3,(H,38,44)/t30-,31+,32+,33-/m0/s1. The highest BCUT2D eigenvalue weighted by atomic mass is 32.2. The molecule has 2 heterocycles. The van der Waals surface area contributed by atoms with Crippen molar-refractivity contribution in [1.29, 1.82) is 0 Å². The zero-order chi connectivity index (χ0) is 36.6. The number of aromatic nitrogens is 1. The van der Waals surface area contributed by atoms with Crippen molar-refractivity contribution in [1.82, 2.24) is 24.4 Å². The number of hydrogen-bond acceptors (Lipinski definition) is 10. The summed E-state index contributed by atoms with van der Waals surface area (Å²) in [5.41, 5.74) is 2.07. The van der Waals surface area contributed by atoms with Gasteiger partial charge in [0, 0.05) is 25.0 Å². The number of carbonyl (C=O) groups is 2. The van der Waals surface area contributed by atoms with Gasteiger partial charge in [0.1, 0.15) is 6.04 Å². The predicted octanol–water partition coefficient (Wildman–Crippen LogP) is 3.32. The number of carbonyl (C=O) groups excluding carboxylic acids is 2. The zero-order valence-corrected chi connectivity index (χ0v) is 30.7. The number of rotatable bonds is 17. The minimum Gasteiger partial charge on any atom is -0.411 e. The topological polar surface area (TPSA) is 176 Å². The van der Waals surface area contributed by atoms with Gasteiger partial charge >= 0.3 is 6.03 Å². The minimum atomic E-state index is -4.27. The maximum Gasteiger partial charge on any atom is 0.321 e. The van der Waals surface area contributed by atoms with Gasteiger partial charge in [0.15, 0.2) is 0 Å². The van der Waals surface area contributed by atoms with E-state index in [-0.39, 0.29) is 29.2 Å². The first-order valence-electron chi connectivity index (χ1n) is 16.7. The van der Waals surface area contributed by atoms with Crippen molar-refractivity contribution in [2.24, 2.45) is 17.0 Å². The molecule has 0 spiro atoms. The van der Waals surface area contributed by atoms with Crippen molar-refractivity contribution in [3.63, 3.8) is 0 Å². The van der Waals surface area contributed by atoms with E-state index in [1.807, 2.05) is 56.5 Å². The van der Waals surface area contributed by atoms with Gasteiger partial charge in [-0.3, -0.25) is 4.79 Å². The quantitative estimate of drug-likeness (QED) is 0.0930. The van der Waals surface area contributed by atoms with Gasteiger partial charge in [-0.05, 0) is 48.4 Å². The molecule has 1 aliphatic rings. The zero-order valence-electron chi connectivity index (χ0n) is 29.1. The Bertz CT molecular complexity index is 1700. The van der Waals surface area contributed by atoms with Gasteiger partial charge < -0.3 is 30.5 Å². The number of nitrogens with zero attached hydrogens (tertiary/aromatic N) is 5. The number of aryl methyl sites for hydroxylation is 1. The van der Waals surface area contributed by atoms with Crippen LogP contribution in [-0.4, -0.2) is 112 Å². The van der Waals surface area contributed by atoms with Gasteiger partial charge in [0.2, 0.25) is 15.9 Å². The van der Waals surface area contributed by atoms with Crippen molar-refractivity contribution < 1.29 is 33.4 Å². The summed E-state index contributed by atoms with van der Waals surface area (Å²) in [5, 5.41) is 39.9. The number of aliphatic hydroxyl groups excluding tert-OH is 2.